The summed E-state index contributed by atoms with van der Waals surface area (Å²) >= 11 is 0. The molecule has 0 bridgehead atoms. The Hall–Kier alpha value is -1.92. The van der Waals surface area contributed by atoms with Gasteiger partial charge < -0.3 is 15.4 Å². The molecule has 0 spiro atoms. The number of allylic oxidation sites excluding steroid dienone is 1. The van der Waals surface area contributed by atoms with Gasteiger partial charge in [-0.2, -0.15) is 0 Å². The number of nitro benzene ring substituents is 1. The zero-order valence-electron chi connectivity index (χ0n) is 9.46. The molecule has 2 N–H and O–H groups in total. The molecule has 17 heavy (non-hydrogen) atoms. The van der Waals surface area contributed by atoms with Crippen LogP contribution in [0, 0.1) is 15.3 Å². The van der Waals surface area contributed by atoms with E-state index < -0.39 is 4.92 Å². The third kappa shape index (κ3) is 4.21. The van der Waals surface area contributed by atoms with Gasteiger partial charge in [-0.3, -0.25) is 10.1 Å². The first-order valence-electron chi connectivity index (χ1n) is 5.18. The number of nitrogens with two attached hydrogens (primary N) is 1. The Morgan fingerprint density at radius 3 is 2.59 bits per heavy atom. The highest BCUT2D eigenvalue weighted by Gasteiger charge is 2.05. The first-order chi connectivity index (χ1) is 8.17. The van der Waals surface area contributed by atoms with Gasteiger partial charge in [-0.25, -0.2) is 0 Å². The zero-order chi connectivity index (χ0) is 12.7. The number of ether oxygens (including phenoxy) is 1. The summed E-state index contributed by atoms with van der Waals surface area (Å²) in [7, 11) is 0. The average Bonchev–Trinajstić information content (AvgIpc) is 2.35. The third-order valence-electron chi connectivity index (χ3n) is 2.07. The number of quaternary nitrogens is 1. The largest absolute Gasteiger partial charge is 0.630 e. The number of rotatable bonds is 6. The highest BCUT2D eigenvalue weighted by atomic mass is 16.6. The Morgan fingerprint density at radius 1 is 1.47 bits per heavy atom. The van der Waals surface area contributed by atoms with Crippen molar-refractivity contribution in [3.8, 4) is 5.75 Å². The van der Waals surface area contributed by atoms with Crippen LogP contribution in [0.25, 0.3) is 0 Å². The lowest BCUT2D eigenvalue weighted by molar-refractivity contribution is -0.539. The lowest BCUT2D eigenvalue weighted by Gasteiger charge is -2.09. The number of benzene rings is 1. The molecule has 0 radical (unpaired) electrons. The van der Waals surface area contributed by atoms with Gasteiger partial charge in [0.25, 0.3) is 5.69 Å². The van der Waals surface area contributed by atoms with Crippen LogP contribution in [0.4, 0.5) is 5.69 Å². The van der Waals surface area contributed by atoms with Gasteiger partial charge in [-0.05, 0) is 24.6 Å². The van der Waals surface area contributed by atoms with Crippen LogP contribution in [0.2, 0.25) is 0 Å². The van der Waals surface area contributed by atoms with E-state index in [9.17, 15) is 15.3 Å². The first kappa shape index (κ1) is 13.1. The lowest BCUT2D eigenvalue weighted by Crippen LogP contribution is -2.76. The van der Waals surface area contributed by atoms with E-state index in [-0.39, 0.29) is 12.3 Å². The van der Waals surface area contributed by atoms with Crippen molar-refractivity contribution in [2.45, 2.75) is 13.3 Å². The summed E-state index contributed by atoms with van der Waals surface area (Å²) in [4.78, 5) is 9.94. The van der Waals surface area contributed by atoms with E-state index in [0.717, 1.165) is 11.9 Å². The molecular weight excluding hydrogens is 224 g/mol. The van der Waals surface area contributed by atoms with Crippen molar-refractivity contribution in [2.24, 2.45) is 0 Å². The second kappa shape index (κ2) is 6.62. The average molecular weight is 238 g/mol. The lowest BCUT2D eigenvalue weighted by atomic mass is 10.3. The fourth-order valence-electron chi connectivity index (χ4n) is 1.23. The van der Waals surface area contributed by atoms with Crippen molar-refractivity contribution in [1.29, 1.82) is 0 Å². The van der Waals surface area contributed by atoms with Gasteiger partial charge in [-0.15, -0.1) is 0 Å². The van der Waals surface area contributed by atoms with Crippen LogP contribution in [0.1, 0.15) is 13.3 Å². The molecular formula is C11H14N2O4. The normalized spacial score (nSPS) is 11.3. The molecule has 1 aromatic carbocycles. The molecule has 0 saturated carbocycles. The molecule has 0 aliphatic carbocycles. The number of hydrogen-bond acceptors (Lipinski definition) is 4. The van der Waals surface area contributed by atoms with Gasteiger partial charge in [0.15, 0.2) is 6.61 Å². The zero-order valence-corrected chi connectivity index (χ0v) is 9.46. The summed E-state index contributed by atoms with van der Waals surface area (Å²) in [6.45, 7) is 2.10. The fraction of sp³-hybridized carbons (Fsp3) is 0.273. The van der Waals surface area contributed by atoms with Crippen LogP contribution >= 0.6 is 0 Å². The number of hydrogen-bond donors (Lipinski definition) is 1. The second-order valence-corrected chi connectivity index (χ2v) is 3.34. The highest BCUT2D eigenvalue weighted by molar-refractivity contribution is 5.36. The van der Waals surface area contributed by atoms with Crippen LogP contribution in [-0.2, 0) is 0 Å². The Balaban J connectivity index is 2.58. The number of non-ortho nitro benzene ring substituents is 1. The van der Waals surface area contributed by atoms with Gasteiger partial charge in [0, 0.05) is 12.1 Å². The minimum atomic E-state index is -0.475. The highest BCUT2D eigenvalue weighted by Crippen LogP contribution is 2.17. The van der Waals surface area contributed by atoms with Crippen molar-refractivity contribution in [3.05, 3.63) is 51.4 Å². The van der Waals surface area contributed by atoms with E-state index in [0.29, 0.717) is 11.4 Å². The van der Waals surface area contributed by atoms with Gasteiger partial charge in [0.05, 0.1) is 4.92 Å². The van der Waals surface area contributed by atoms with Gasteiger partial charge in [0.1, 0.15) is 11.4 Å². The topological polar surface area (TPSA) is 92.0 Å². The van der Waals surface area contributed by atoms with E-state index in [4.69, 9.17) is 4.74 Å². The summed E-state index contributed by atoms with van der Waals surface area (Å²) < 4.78 is 5.32. The van der Waals surface area contributed by atoms with Crippen LogP contribution in [0.3, 0.4) is 0 Å². The molecule has 0 aromatic heterocycles. The Kier molecular flexibility index (Phi) is 5.12. The summed E-state index contributed by atoms with van der Waals surface area (Å²) in [5.41, 5.74) is 1.32. The van der Waals surface area contributed by atoms with Crippen molar-refractivity contribution in [2.75, 3.05) is 6.61 Å². The van der Waals surface area contributed by atoms with Crippen LogP contribution in [0.5, 0.6) is 5.75 Å². The summed E-state index contributed by atoms with van der Waals surface area (Å²) in [6.07, 6.45) is 2.54. The maximum atomic E-state index is 10.6. The molecule has 0 atom stereocenters. The Morgan fingerprint density at radius 2 is 2.12 bits per heavy atom. The fourth-order valence-corrected chi connectivity index (χ4v) is 1.23. The van der Waals surface area contributed by atoms with Crippen LogP contribution in [0.15, 0.2) is 36.0 Å². The molecule has 0 fully saturated rings. The summed E-state index contributed by atoms with van der Waals surface area (Å²) in [5, 5.41) is 21.0. The van der Waals surface area contributed by atoms with E-state index in [1.807, 2.05) is 6.92 Å². The summed E-state index contributed by atoms with van der Waals surface area (Å²) in [5.74, 6) is 0.499. The van der Waals surface area contributed by atoms with Gasteiger partial charge in [0.2, 0.25) is 0 Å². The molecule has 0 aliphatic rings. The molecule has 0 amide bonds. The minimum absolute atomic E-state index is 0.0112. The smallest absolute Gasteiger partial charge is 0.269 e. The van der Waals surface area contributed by atoms with E-state index in [2.05, 4.69) is 0 Å². The molecule has 1 aromatic rings. The third-order valence-corrected chi connectivity index (χ3v) is 2.07. The monoisotopic (exact) mass is 238 g/mol. The molecule has 6 nitrogen and oxygen atoms in total. The maximum absolute atomic E-state index is 10.6. The Bertz CT molecular complexity index is 400. The Labute approximate surface area is 98.6 Å². The van der Waals surface area contributed by atoms with Gasteiger partial charge in [-0.1, -0.05) is 6.92 Å². The number of hydroxylamine groups is 1. The van der Waals surface area contributed by atoms with E-state index in [1.54, 1.807) is 6.08 Å². The van der Waals surface area contributed by atoms with Crippen LogP contribution < -0.4 is 10.2 Å². The predicted molar refractivity (Wildman–Crippen MR) is 62.3 cm³/mol. The maximum Gasteiger partial charge on any atom is 0.269 e. The molecule has 0 saturated heterocycles. The molecule has 0 heterocycles. The van der Waals surface area contributed by atoms with Crippen molar-refractivity contribution >= 4 is 5.69 Å². The molecule has 6 heteroatoms. The standard InChI is InChI=1S/C11H14N2O4/c1-2-3-9(12-14)8-17-11-6-4-10(5-7-11)13(15)16/h3-7H,2,8,12H2,1H3. The minimum Gasteiger partial charge on any atom is -0.630 e. The van der Waals surface area contributed by atoms with Crippen molar-refractivity contribution in [1.82, 2.24) is 0 Å². The molecule has 0 unspecified atom stereocenters. The number of nitrogens with zero attached hydrogens (tertiary/aromatic N) is 1. The second-order valence-electron chi connectivity index (χ2n) is 3.34. The molecule has 1 rings (SSSR count). The number of nitro groups is 1. The van der Waals surface area contributed by atoms with Gasteiger partial charge >= 0.3 is 0 Å². The predicted octanol–water partition coefficient (Wildman–Crippen LogP) is 1.33. The summed E-state index contributed by atoms with van der Waals surface area (Å²) in [6, 6.07) is 5.73. The van der Waals surface area contributed by atoms with Crippen molar-refractivity contribution < 1.29 is 15.1 Å². The molecule has 0 aliphatic heterocycles. The van der Waals surface area contributed by atoms with Crippen LogP contribution in [-0.4, -0.2) is 11.5 Å². The first-order valence-corrected chi connectivity index (χ1v) is 5.18. The van der Waals surface area contributed by atoms with E-state index >= 15 is 0 Å². The SMILES string of the molecule is CCC=C(COc1ccc([N+](=O)[O-])cc1)[NH2+][O-]. The van der Waals surface area contributed by atoms with Crippen molar-refractivity contribution in [3.63, 3.8) is 0 Å². The molecule has 92 valence electrons. The quantitative estimate of drug-likeness (QED) is 0.597. The van der Waals surface area contributed by atoms with E-state index in [1.165, 1.54) is 24.3 Å².